The molecule has 1 aromatic heterocycles. The van der Waals surface area contributed by atoms with Gasteiger partial charge in [-0.2, -0.15) is 9.98 Å². The molecule has 0 aliphatic heterocycles. The third-order valence-corrected chi connectivity index (χ3v) is 5.19. The lowest BCUT2D eigenvalue weighted by atomic mass is 10.4. The van der Waals surface area contributed by atoms with E-state index < -0.39 is 16.1 Å². The van der Waals surface area contributed by atoms with Gasteiger partial charge in [-0.1, -0.05) is 11.6 Å². The molecule has 1 atom stereocenters. The van der Waals surface area contributed by atoms with E-state index >= 15 is 0 Å². The molecular formula is C8H9ClN2O2S2. The number of thiophene rings is 1. The van der Waals surface area contributed by atoms with Crippen LogP contribution < -0.4 is 4.72 Å². The Balaban J connectivity index is 3.03. The first-order chi connectivity index (χ1) is 6.86. The molecule has 1 unspecified atom stereocenters. The van der Waals surface area contributed by atoms with Crippen molar-refractivity contribution in [3.05, 3.63) is 16.0 Å². The minimum atomic E-state index is -3.61. The average Bonchev–Trinajstić information content (AvgIpc) is 2.47. The van der Waals surface area contributed by atoms with Crippen LogP contribution in [0.4, 0.5) is 0 Å². The van der Waals surface area contributed by atoms with Crippen LogP contribution in [-0.2, 0) is 10.0 Å². The Morgan fingerprint density at radius 2 is 2.27 bits per heavy atom. The molecular weight excluding hydrogens is 256 g/mol. The molecule has 0 fully saturated rings. The van der Waals surface area contributed by atoms with Crippen LogP contribution in [0.2, 0.25) is 4.34 Å². The maximum atomic E-state index is 11.7. The lowest BCUT2D eigenvalue weighted by Crippen LogP contribution is -2.30. The zero-order valence-corrected chi connectivity index (χ0v) is 10.5. The lowest BCUT2D eigenvalue weighted by molar-refractivity contribution is 0.579. The smallest absolute Gasteiger partial charge is 0.206 e. The highest BCUT2D eigenvalue weighted by Gasteiger charge is 2.20. The Morgan fingerprint density at radius 3 is 2.67 bits per heavy atom. The Kier molecular flexibility index (Phi) is 3.73. The Bertz CT molecular complexity index is 482. The van der Waals surface area contributed by atoms with E-state index in [1.54, 1.807) is 13.0 Å². The Morgan fingerprint density at radius 1 is 1.67 bits per heavy atom. The maximum absolute atomic E-state index is 11.7. The van der Waals surface area contributed by atoms with Gasteiger partial charge in [-0.15, -0.1) is 11.3 Å². The number of nitriles is 1. The van der Waals surface area contributed by atoms with Crippen LogP contribution in [0, 0.1) is 18.3 Å². The van der Waals surface area contributed by atoms with Crippen LogP contribution in [0.1, 0.15) is 12.5 Å². The highest BCUT2D eigenvalue weighted by atomic mass is 35.5. The molecule has 0 saturated carbocycles. The Labute approximate surface area is 97.5 Å². The predicted octanol–water partition coefficient (Wildman–Crippen LogP) is 1.90. The molecule has 0 aliphatic carbocycles. The van der Waals surface area contributed by atoms with Gasteiger partial charge in [0.05, 0.1) is 10.4 Å². The summed E-state index contributed by atoms with van der Waals surface area (Å²) in [4.78, 5) is 0. The van der Waals surface area contributed by atoms with Crippen molar-refractivity contribution in [2.24, 2.45) is 0 Å². The van der Waals surface area contributed by atoms with Crippen LogP contribution in [0.3, 0.4) is 0 Å². The molecule has 7 heteroatoms. The van der Waals surface area contributed by atoms with Crippen LogP contribution in [0.25, 0.3) is 0 Å². The van der Waals surface area contributed by atoms with Gasteiger partial charge in [-0.05, 0) is 25.5 Å². The van der Waals surface area contributed by atoms with Crippen LogP contribution >= 0.6 is 22.9 Å². The van der Waals surface area contributed by atoms with E-state index in [2.05, 4.69) is 4.72 Å². The minimum Gasteiger partial charge on any atom is -0.206 e. The minimum absolute atomic E-state index is 0.132. The summed E-state index contributed by atoms with van der Waals surface area (Å²) in [7, 11) is -3.61. The predicted molar refractivity (Wildman–Crippen MR) is 59.5 cm³/mol. The number of nitrogens with zero attached hydrogens (tertiary/aromatic N) is 1. The molecule has 4 nitrogen and oxygen atoms in total. The van der Waals surface area contributed by atoms with Crippen molar-refractivity contribution in [3.63, 3.8) is 0 Å². The maximum Gasteiger partial charge on any atom is 0.251 e. The number of nitrogens with one attached hydrogen (secondary N) is 1. The first kappa shape index (κ1) is 12.5. The van der Waals surface area contributed by atoms with E-state index in [0.29, 0.717) is 9.90 Å². The molecule has 1 heterocycles. The summed E-state index contributed by atoms with van der Waals surface area (Å²) in [6.45, 7) is 3.20. The summed E-state index contributed by atoms with van der Waals surface area (Å²) >= 11 is 6.75. The van der Waals surface area contributed by atoms with Crippen LogP contribution in [0.15, 0.2) is 10.3 Å². The van der Waals surface area contributed by atoms with Gasteiger partial charge in [0.15, 0.2) is 0 Å². The van der Waals surface area contributed by atoms with Crippen molar-refractivity contribution in [2.75, 3.05) is 0 Å². The second-order valence-corrected chi connectivity index (χ2v) is 6.59. The number of aryl methyl sites for hydroxylation is 1. The standard InChI is InChI=1S/C8H9ClN2O2S2/c1-5-3-7(14-8(5)9)15(12,13)11-6(2)4-10/h3,6,11H,1-2H3. The third-order valence-electron chi connectivity index (χ3n) is 1.63. The molecule has 0 amide bonds. The summed E-state index contributed by atoms with van der Waals surface area (Å²) in [6.07, 6.45) is 0. The van der Waals surface area contributed by atoms with Crippen molar-refractivity contribution in [1.82, 2.24) is 4.72 Å². The SMILES string of the molecule is Cc1cc(S(=O)(=O)NC(C)C#N)sc1Cl. The normalized spacial score (nSPS) is 13.5. The quantitative estimate of drug-likeness (QED) is 0.906. The van der Waals surface area contributed by atoms with E-state index in [-0.39, 0.29) is 4.21 Å². The van der Waals surface area contributed by atoms with Gasteiger partial charge in [0, 0.05) is 0 Å². The van der Waals surface area contributed by atoms with Gasteiger partial charge in [0.2, 0.25) is 0 Å². The summed E-state index contributed by atoms with van der Waals surface area (Å²) in [5, 5.41) is 8.51. The van der Waals surface area contributed by atoms with Crippen molar-refractivity contribution in [1.29, 1.82) is 5.26 Å². The number of halogens is 1. The van der Waals surface area contributed by atoms with Crippen LogP contribution in [-0.4, -0.2) is 14.5 Å². The monoisotopic (exact) mass is 264 g/mol. The van der Waals surface area contributed by atoms with E-state index in [1.165, 1.54) is 13.0 Å². The molecule has 0 aliphatic rings. The molecule has 0 saturated heterocycles. The topological polar surface area (TPSA) is 70.0 Å². The summed E-state index contributed by atoms with van der Waals surface area (Å²) in [6, 6.07) is 2.53. The van der Waals surface area contributed by atoms with Gasteiger partial charge in [0.25, 0.3) is 10.0 Å². The second-order valence-electron chi connectivity index (χ2n) is 2.99. The van der Waals surface area contributed by atoms with E-state index in [4.69, 9.17) is 16.9 Å². The van der Waals surface area contributed by atoms with E-state index in [1.807, 2.05) is 0 Å². The fourth-order valence-corrected chi connectivity index (χ4v) is 3.75. The Hall–Kier alpha value is -0.610. The van der Waals surface area contributed by atoms with Crippen molar-refractivity contribution < 1.29 is 8.42 Å². The van der Waals surface area contributed by atoms with Gasteiger partial charge in [0.1, 0.15) is 10.3 Å². The number of rotatable bonds is 3. The van der Waals surface area contributed by atoms with E-state index in [9.17, 15) is 8.42 Å². The highest BCUT2D eigenvalue weighted by molar-refractivity contribution is 7.91. The number of sulfonamides is 1. The average molecular weight is 265 g/mol. The molecule has 82 valence electrons. The zero-order chi connectivity index (χ0) is 11.6. The fourth-order valence-electron chi connectivity index (χ4n) is 0.881. The van der Waals surface area contributed by atoms with Crippen LogP contribution in [0.5, 0.6) is 0 Å². The molecule has 1 N–H and O–H groups in total. The first-order valence-electron chi connectivity index (χ1n) is 4.04. The molecule has 1 aromatic rings. The van der Waals surface area contributed by atoms with Crippen molar-refractivity contribution in [2.45, 2.75) is 24.1 Å². The van der Waals surface area contributed by atoms with Gasteiger partial charge in [-0.25, -0.2) is 8.42 Å². The fraction of sp³-hybridized carbons (Fsp3) is 0.375. The lowest BCUT2D eigenvalue weighted by Gasteiger charge is -2.04. The van der Waals surface area contributed by atoms with E-state index in [0.717, 1.165) is 11.3 Å². The molecule has 1 rings (SSSR count). The largest absolute Gasteiger partial charge is 0.251 e. The van der Waals surface area contributed by atoms with Gasteiger partial charge >= 0.3 is 0 Å². The molecule has 0 spiro atoms. The van der Waals surface area contributed by atoms with Gasteiger partial charge < -0.3 is 0 Å². The van der Waals surface area contributed by atoms with Crippen molar-refractivity contribution >= 4 is 33.0 Å². The summed E-state index contributed by atoms with van der Waals surface area (Å²) in [5.74, 6) is 0. The molecule has 0 aromatic carbocycles. The summed E-state index contributed by atoms with van der Waals surface area (Å²) in [5.41, 5.74) is 0.714. The summed E-state index contributed by atoms with van der Waals surface area (Å²) < 4.78 is 26.1. The molecule has 15 heavy (non-hydrogen) atoms. The first-order valence-corrected chi connectivity index (χ1v) is 6.72. The second kappa shape index (κ2) is 4.49. The molecule has 0 radical (unpaired) electrons. The van der Waals surface area contributed by atoms with Crippen molar-refractivity contribution in [3.8, 4) is 6.07 Å². The van der Waals surface area contributed by atoms with Gasteiger partial charge in [-0.3, -0.25) is 0 Å². The number of hydrogen-bond acceptors (Lipinski definition) is 4. The number of hydrogen-bond donors (Lipinski definition) is 1. The third kappa shape index (κ3) is 2.92. The molecule has 0 bridgehead atoms. The zero-order valence-electron chi connectivity index (χ0n) is 8.11. The highest BCUT2D eigenvalue weighted by Crippen LogP contribution is 2.29.